The minimum Gasteiger partial charge on any atom is -0.492 e. The number of hydrogen-bond donors (Lipinski definition) is 1. The van der Waals surface area contributed by atoms with Crippen molar-refractivity contribution in [3.05, 3.63) is 35.8 Å². The first-order chi connectivity index (χ1) is 18.7. The van der Waals surface area contributed by atoms with Gasteiger partial charge in [0.25, 0.3) is 0 Å². The molecule has 5 rings (SSSR count). The molecule has 0 radical (unpaired) electrons. The Kier molecular flexibility index (Phi) is 8.43. The van der Waals surface area contributed by atoms with Crippen LogP contribution in [0.25, 0.3) is 11.3 Å². The van der Waals surface area contributed by atoms with Gasteiger partial charge in [-0.3, -0.25) is 9.97 Å². The third kappa shape index (κ3) is 6.55. The van der Waals surface area contributed by atoms with Gasteiger partial charge in [0.05, 0.1) is 36.4 Å². The molecule has 8 nitrogen and oxygen atoms in total. The van der Waals surface area contributed by atoms with Gasteiger partial charge in [0, 0.05) is 48.6 Å². The van der Waals surface area contributed by atoms with Crippen LogP contribution in [0.1, 0.15) is 76.7 Å². The van der Waals surface area contributed by atoms with Gasteiger partial charge in [-0.15, -0.1) is 0 Å². The Morgan fingerprint density at radius 1 is 1.13 bits per heavy atom. The molecule has 0 aromatic carbocycles. The molecule has 0 amide bonds. The molecule has 1 saturated carbocycles. The predicted octanol–water partition coefficient (Wildman–Crippen LogP) is 5.82. The highest BCUT2D eigenvalue weighted by Crippen LogP contribution is 2.44. The van der Waals surface area contributed by atoms with E-state index in [2.05, 4.69) is 9.88 Å². The summed E-state index contributed by atoms with van der Waals surface area (Å²) in [4.78, 5) is 24.5. The standard InChI is InChI=1S/C31H43N3O5/c1-20-27(29(30(35)36)39-31(2,3)4)28(34-13-11-22-7-5-6-8-23(22)17-34)25(16-32-20)26-10-9-24(15-33-26)38-19-21-12-14-37-18-21/h9-10,15-16,21-23,29H,5-8,11-14,17-19H2,1-4H3,(H,35,36)/t21?,22?,23?,29-/m0/s1. The molecule has 3 aliphatic rings. The van der Waals surface area contributed by atoms with Crippen LogP contribution >= 0.6 is 0 Å². The number of aliphatic carboxylic acids is 1. The van der Waals surface area contributed by atoms with Gasteiger partial charge in [0.1, 0.15) is 5.75 Å². The first-order valence-electron chi connectivity index (χ1n) is 14.5. The fourth-order valence-corrected chi connectivity index (χ4v) is 6.39. The molecular formula is C31H43N3O5. The van der Waals surface area contributed by atoms with Gasteiger partial charge in [-0.2, -0.15) is 0 Å². The average Bonchev–Trinajstić information content (AvgIpc) is 3.44. The zero-order valence-electron chi connectivity index (χ0n) is 23.8. The van der Waals surface area contributed by atoms with E-state index in [-0.39, 0.29) is 0 Å². The van der Waals surface area contributed by atoms with E-state index in [0.717, 1.165) is 67.8 Å². The zero-order valence-corrected chi connectivity index (χ0v) is 23.8. The molecule has 3 unspecified atom stereocenters. The van der Waals surface area contributed by atoms with E-state index in [1.165, 1.54) is 25.7 Å². The van der Waals surface area contributed by atoms with Gasteiger partial charge in [-0.1, -0.05) is 19.3 Å². The Labute approximate surface area is 232 Å². The highest BCUT2D eigenvalue weighted by Gasteiger charge is 2.37. The Morgan fingerprint density at radius 3 is 2.59 bits per heavy atom. The van der Waals surface area contributed by atoms with Crippen LogP contribution in [-0.4, -0.2) is 59.6 Å². The van der Waals surface area contributed by atoms with Crippen molar-refractivity contribution >= 4 is 11.7 Å². The van der Waals surface area contributed by atoms with Crippen molar-refractivity contribution in [1.29, 1.82) is 0 Å². The summed E-state index contributed by atoms with van der Waals surface area (Å²) in [6.45, 7) is 11.5. The second kappa shape index (κ2) is 11.8. The smallest absolute Gasteiger partial charge is 0.337 e. The van der Waals surface area contributed by atoms with E-state index in [0.29, 0.717) is 29.7 Å². The van der Waals surface area contributed by atoms with Gasteiger partial charge in [0.15, 0.2) is 6.10 Å². The Bertz CT molecular complexity index is 1140. The number of nitrogens with zero attached hydrogens (tertiary/aromatic N) is 3. The van der Waals surface area contributed by atoms with Crippen molar-refractivity contribution in [2.45, 2.75) is 77.9 Å². The van der Waals surface area contributed by atoms with Gasteiger partial charge in [-0.05, 0) is 70.9 Å². The molecule has 4 heterocycles. The van der Waals surface area contributed by atoms with E-state index < -0.39 is 17.7 Å². The molecular weight excluding hydrogens is 494 g/mol. The fourth-order valence-electron chi connectivity index (χ4n) is 6.39. The second-order valence-electron chi connectivity index (χ2n) is 12.4. The first-order valence-corrected chi connectivity index (χ1v) is 14.5. The van der Waals surface area contributed by atoms with Crippen LogP contribution in [0.15, 0.2) is 24.5 Å². The quantitative estimate of drug-likeness (QED) is 0.450. The minimum atomic E-state index is -1.13. The number of carboxylic acids is 1. The number of pyridine rings is 2. The topological polar surface area (TPSA) is 94.0 Å². The molecule has 2 aromatic heterocycles. The summed E-state index contributed by atoms with van der Waals surface area (Å²) in [7, 11) is 0. The van der Waals surface area contributed by atoms with E-state index >= 15 is 0 Å². The number of piperidine rings is 1. The molecule has 0 spiro atoms. The van der Waals surface area contributed by atoms with Crippen molar-refractivity contribution in [3.8, 4) is 17.0 Å². The molecule has 2 aliphatic heterocycles. The lowest BCUT2D eigenvalue weighted by molar-refractivity contribution is -0.160. The minimum absolute atomic E-state index is 0.415. The zero-order chi connectivity index (χ0) is 27.6. The number of carboxylic acid groups (broad SMARTS) is 1. The molecule has 2 aromatic rings. The summed E-state index contributed by atoms with van der Waals surface area (Å²) >= 11 is 0. The largest absolute Gasteiger partial charge is 0.492 e. The van der Waals surface area contributed by atoms with Crippen LogP contribution in [0, 0.1) is 24.7 Å². The average molecular weight is 538 g/mol. The summed E-state index contributed by atoms with van der Waals surface area (Å²) in [6, 6.07) is 3.89. The van der Waals surface area contributed by atoms with Crippen LogP contribution < -0.4 is 9.64 Å². The molecule has 8 heteroatoms. The predicted molar refractivity (Wildman–Crippen MR) is 150 cm³/mol. The number of ether oxygens (including phenoxy) is 3. The normalized spacial score (nSPS) is 24.3. The molecule has 4 atom stereocenters. The summed E-state index contributed by atoms with van der Waals surface area (Å²) in [5.41, 5.74) is 3.15. The molecule has 1 aliphatic carbocycles. The number of rotatable bonds is 8. The molecule has 39 heavy (non-hydrogen) atoms. The molecule has 0 bridgehead atoms. The number of hydrogen-bond acceptors (Lipinski definition) is 7. The lowest BCUT2D eigenvalue weighted by Crippen LogP contribution is -2.43. The van der Waals surface area contributed by atoms with Crippen molar-refractivity contribution < 1.29 is 24.1 Å². The van der Waals surface area contributed by atoms with Crippen LogP contribution in [0.4, 0.5) is 5.69 Å². The highest BCUT2D eigenvalue weighted by molar-refractivity contribution is 5.85. The second-order valence-corrected chi connectivity index (χ2v) is 12.4. The van der Waals surface area contributed by atoms with Crippen LogP contribution in [-0.2, 0) is 14.3 Å². The SMILES string of the molecule is Cc1ncc(-c2ccc(OCC3CCOC3)cn2)c(N2CCC3CCCCC3C2)c1[C@H](OC(C)(C)C)C(=O)O. The third-order valence-corrected chi connectivity index (χ3v) is 8.37. The highest BCUT2D eigenvalue weighted by atomic mass is 16.5. The lowest BCUT2D eigenvalue weighted by atomic mass is 9.75. The van der Waals surface area contributed by atoms with Crippen LogP contribution in [0.3, 0.4) is 0 Å². The Balaban J connectivity index is 1.52. The number of carbonyl (C=O) groups is 1. The van der Waals surface area contributed by atoms with Crippen molar-refractivity contribution in [2.75, 3.05) is 37.8 Å². The number of anilines is 1. The van der Waals surface area contributed by atoms with Gasteiger partial charge < -0.3 is 24.2 Å². The summed E-state index contributed by atoms with van der Waals surface area (Å²) in [5, 5.41) is 10.4. The third-order valence-electron chi connectivity index (χ3n) is 8.37. The maximum Gasteiger partial charge on any atom is 0.337 e. The van der Waals surface area contributed by atoms with Crippen molar-refractivity contribution in [1.82, 2.24) is 9.97 Å². The van der Waals surface area contributed by atoms with Crippen molar-refractivity contribution in [2.24, 2.45) is 17.8 Å². The number of fused-ring (bicyclic) bond motifs is 1. The maximum absolute atomic E-state index is 12.7. The van der Waals surface area contributed by atoms with E-state index in [1.807, 2.05) is 46.0 Å². The Hall–Kier alpha value is -2.71. The molecule has 1 N–H and O–H groups in total. The first kappa shape index (κ1) is 27.8. The summed E-state index contributed by atoms with van der Waals surface area (Å²) < 4.78 is 17.6. The fraction of sp³-hybridized carbons (Fsp3) is 0.645. The van der Waals surface area contributed by atoms with Crippen molar-refractivity contribution in [3.63, 3.8) is 0 Å². The van der Waals surface area contributed by atoms with E-state index in [4.69, 9.17) is 19.2 Å². The van der Waals surface area contributed by atoms with Gasteiger partial charge >= 0.3 is 5.97 Å². The van der Waals surface area contributed by atoms with Gasteiger partial charge in [0.2, 0.25) is 0 Å². The maximum atomic E-state index is 12.7. The van der Waals surface area contributed by atoms with Gasteiger partial charge in [-0.25, -0.2) is 4.79 Å². The van der Waals surface area contributed by atoms with E-state index in [1.54, 1.807) is 6.20 Å². The van der Waals surface area contributed by atoms with Crippen LogP contribution in [0.2, 0.25) is 0 Å². The lowest BCUT2D eigenvalue weighted by Gasteiger charge is -2.44. The number of aryl methyl sites for hydroxylation is 1. The molecule has 212 valence electrons. The number of aromatic nitrogens is 2. The van der Waals surface area contributed by atoms with Crippen LogP contribution in [0.5, 0.6) is 5.75 Å². The molecule has 3 fully saturated rings. The molecule has 2 saturated heterocycles. The van der Waals surface area contributed by atoms with E-state index in [9.17, 15) is 9.90 Å². The summed E-state index contributed by atoms with van der Waals surface area (Å²) in [6.07, 6.45) is 9.72. The Morgan fingerprint density at radius 2 is 1.92 bits per heavy atom. The summed E-state index contributed by atoms with van der Waals surface area (Å²) in [5.74, 6) is 1.50. The monoisotopic (exact) mass is 537 g/mol.